The number of hydrogen-bond donors (Lipinski definition) is 0. The highest BCUT2D eigenvalue weighted by molar-refractivity contribution is 6.29. The molecule has 2 nitrogen and oxygen atoms in total. The summed E-state index contributed by atoms with van der Waals surface area (Å²) in [6.45, 7) is 0. The molecule has 0 atom stereocenters. The Bertz CT molecular complexity index is 301. The summed E-state index contributed by atoms with van der Waals surface area (Å²) in [5, 5.41) is 0.257. The third kappa shape index (κ3) is 1.67. The van der Waals surface area contributed by atoms with Crippen LogP contribution in [0.4, 0.5) is 4.39 Å². The Labute approximate surface area is 74.3 Å². The number of hydrogen-bond acceptors (Lipinski definition) is 2. The van der Waals surface area contributed by atoms with Crippen molar-refractivity contribution < 1.29 is 9.13 Å². The molecular formula is C8H7ClFNO. The van der Waals surface area contributed by atoms with E-state index in [1.807, 2.05) is 0 Å². The summed E-state index contributed by atoms with van der Waals surface area (Å²) in [4.78, 5) is 3.58. The van der Waals surface area contributed by atoms with Gasteiger partial charge in [-0.15, -0.1) is 0 Å². The molecule has 12 heavy (non-hydrogen) atoms. The van der Waals surface area contributed by atoms with Gasteiger partial charge in [0.15, 0.2) is 11.6 Å². The van der Waals surface area contributed by atoms with E-state index >= 15 is 0 Å². The highest BCUT2D eigenvalue weighted by Gasteiger charge is 2.24. The lowest BCUT2D eigenvalue weighted by Gasteiger charge is -2.04. The molecule has 1 aliphatic rings. The van der Waals surface area contributed by atoms with Gasteiger partial charge in [-0.2, -0.15) is 0 Å². The van der Waals surface area contributed by atoms with Crippen molar-refractivity contribution in [2.45, 2.75) is 18.9 Å². The molecule has 0 bridgehead atoms. The topological polar surface area (TPSA) is 22.1 Å². The van der Waals surface area contributed by atoms with Gasteiger partial charge >= 0.3 is 0 Å². The zero-order chi connectivity index (χ0) is 8.55. The molecule has 0 aliphatic heterocycles. The van der Waals surface area contributed by atoms with E-state index in [0.29, 0.717) is 0 Å². The van der Waals surface area contributed by atoms with Gasteiger partial charge in [-0.25, -0.2) is 9.37 Å². The second kappa shape index (κ2) is 2.90. The van der Waals surface area contributed by atoms with E-state index in [4.69, 9.17) is 16.3 Å². The minimum absolute atomic E-state index is 0.179. The van der Waals surface area contributed by atoms with Crippen LogP contribution in [0.25, 0.3) is 0 Å². The van der Waals surface area contributed by atoms with E-state index < -0.39 is 5.82 Å². The van der Waals surface area contributed by atoms with Crippen molar-refractivity contribution in [2.75, 3.05) is 0 Å². The van der Waals surface area contributed by atoms with Gasteiger partial charge in [0.25, 0.3) is 0 Å². The monoisotopic (exact) mass is 187 g/mol. The van der Waals surface area contributed by atoms with E-state index in [9.17, 15) is 4.39 Å². The van der Waals surface area contributed by atoms with Crippen LogP contribution in [-0.2, 0) is 0 Å². The standard InChI is InChI=1S/C8H7ClFNO/c9-8-3-7(6(10)4-11-8)12-5-1-2-5/h3-5H,1-2H2. The summed E-state index contributed by atoms with van der Waals surface area (Å²) in [5.41, 5.74) is 0. The van der Waals surface area contributed by atoms with Crippen molar-refractivity contribution in [3.05, 3.63) is 23.2 Å². The molecular weight excluding hydrogens is 181 g/mol. The molecule has 1 heterocycles. The lowest BCUT2D eigenvalue weighted by molar-refractivity contribution is 0.287. The summed E-state index contributed by atoms with van der Waals surface area (Å²) in [5.74, 6) is -0.246. The van der Waals surface area contributed by atoms with Gasteiger partial charge in [0.05, 0.1) is 12.3 Å². The Morgan fingerprint density at radius 1 is 1.58 bits per heavy atom. The maximum Gasteiger partial charge on any atom is 0.183 e. The summed E-state index contributed by atoms with van der Waals surface area (Å²) >= 11 is 5.56. The minimum Gasteiger partial charge on any atom is -0.487 e. The van der Waals surface area contributed by atoms with Gasteiger partial charge in [0.1, 0.15) is 5.15 Å². The molecule has 4 heteroatoms. The lowest BCUT2D eigenvalue weighted by atomic mass is 10.4. The lowest BCUT2D eigenvalue weighted by Crippen LogP contribution is -1.98. The normalized spacial score (nSPS) is 16.2. The number of aromatic nitrogens is 1. The molecule has 0 N–H and O–H groups in total. The first-order valence-corrected chi connectivity index (χ1v) is 4.11. The largest absolute Gasteiger partial charge is 0.487 e. The fraction of sp³-hybridized carbons (Fsp3) is 0.375. The molecule has 0 spiro atoms. The van der Waals surface area contributed by atoms with Gasteiger partial charge in [0.2, 0.25) is 0 Å². The Hall–Kier alpha value is -0.830. The van der Waals surface area contributed by atoms with Gasteiger partial charge in [-0.3, -0.25) is 0 Å². The molecule has 1 saturated carbocycles. The molecule has 2 rings (SSSR count). The third-order valence-electron chi connectivity index (χ3n) is 1.60. The van der Waals surface area contributed by atoms with E-state index in [2.05, 4.69) is 4.98 Å². The second-order valence-corrected chi connectivity index (χ2v) is 3.14. The number of rotatable bonds is 2. The number of pyridine rings is 1. The zero-order valence-electron chi connectivity index (χ0n) is 6.26. The fourth-order valence-electron chi connectivity index (χ4n) is 0.852. The summed E-state index contributed by atoms with van der Waals surface area (Å²) in [6, 6.07) is 1.40. The van der Waals surface area contributed by atoms with Crippen LogP contribution in [-0.4, -0.2) is 11.1 Å². The summed E-state index contributed by atoms with van der Waals surface area (Å²) in [7, 11) is 0. The van der Waals surface area contributed by atoms with Gasteiger partial charge in [-0.05, 0) is 12.8 Å². The second-order valence-electron chi connectivity index (χ2n) is 2.75. The van der Waals surface area contributed by atoms with Crippen LogP contribution in [0.3, 0.4) is 0 Å². The van der Waals surface area contributed by atoms with Gasteiger partial charge in [-0.1, -0.05) is 11.6 Å². The predicted octanol–water partition coefficient (Wildman–Crippen LogP) is 2.42. The molecule has 1 aromatic rings. The van der Waals surface area contributed by atoms with Crippen LogP contribution in [0.5, 0.6) is 5.75 Å². The van der Waals surface area contributed by atoms with Crippen molar-refractivity contribution >= 4 is 11.6 Å². The maximum absolute atomic E-state index is 12.9. The van der Waals surface area contributed by atoms with E-state index in [1.165, 1.54) is 6.07 Å². The van der Waals surface area contributed by atoms with Crippen molar-refractivity contribution in [2.24, 2.45) is 0 Å². The molecule has 1 aromatic heterocycles. The SMILES string of the molecule is Fc1cnc(Cl)cc1OC1CC1. The van der Waals surface area contributed by atoms with Gasteiger partial charge < -0.3 is 4.74 Å². The van der Waals surface area contributed by atoms with Crippen LogP contribution < -0.4 is 4.74 Å². The third-order valence-corrected chi connectivity index (χ3v) is 1.81. The smallest absolute Gasteiger partial charge is 0.183 e. The van der Waals surface area contributed by atoms with Crippen LogP contribution in [0.2, 0.25) is 5.15 Å². The summed E-state index contributed by atoms with van der Waals surface area (Å²) in [6.07, 6.45) is 3.25. The first-order chi connectivity index (χ1) is 5.75. The quantitative estimate of drug-likeness (QED) is 0.664. The van der Waals surface area contributed by atoms with Crippen molar-refractivity contribution in [3.63, 3.8) is 0 Å². The fourth-order valence-corrected chi connectivity index (χ4v) is 1.00. The van der Waals surface area contributed by atoms with E-state index in [0.717, 1.165) is 19.0 Å². The summed E-state index contributed by atoms with van der Waals surface area (Å²) < 4.78 is 18.1. The zero-order valence-corrected chi connectivity index (χ0v) is 7.01. The molecule has 0 radical (unpaired) electrons. The molecule has 0 aromatic carbocycles. The Kier molecular flexibility index (Phi) is 1.89. The average molecular weight is 188 g/mol. The average Bonchev–Trinajstić information content (AvgIpc) is 2.81. The van der Waals surface area contributed by atoms with Crippen LogP contribution >= 0.6 is 11.6 Å². The molecule has 0 saturated heterocycles. The Morgan fingerprint density at radius 2 is 2.33 bits per heavy atom. The molecule has 1 fully saturated rings. The Balaban J connectivity index is 2.21. The van der Waals surface area contributed by atoms with Crippen LogP contribution in [0.1, 0.15) is 12.8 Å². The predicted molar refractivity (Wildman–Crippen MR) is 42.9 cm³/mol. The van der Waals surface area contributed by atoms with Crippen LogP contribution in [0, 0.1) is 5.82 Å². The number of ether oxygens (including phenoxy) is 1. The van der Waals surface area contributed by atoms with Gasteiger partial charge in [0, 0.05) is 6.07 Å². The van der Waals surface area contributed by atoms with Crippen LogP contribution in [0.15, 0.2) is 12.3 Å². The first-order valence-electron chi connectivity index (χ1n) is 3.73. The molecule has 0 amide bonds. The van der Waals surface area contributed by atoms with E-state index in [1.54, 1.807) is 0 Å². The van der Waals surface area contributed by atoms with E-state index in [-0.39, 0.29) is 17.0 Å². The first kappa shape index (κ1) is 7.80. The molecule has 1 aliphatic carbocycles. The minimum atomic E-state index is -0.452. The Morgan fingerprint density at radius 3 is 3.00 bits per heavy atom. The van der Waals surface area contributed by atoms with Crippen molar-refractivity contribution in [1.82, 2.24) is 4.98 Å². The highest BCUT2D eigenvalue weighted by Crippen LogP contribution is 2.29. The number of nitrogens with zero attached hydrogens (tertiary/aromatic N) is 1. The molecule has 64 valence electrons. The van der Waals surface area contributed by atoms with Crippen molar-refractivity contribution in [3.8, 4) is 5.75 Å². The maximum atomic E-state index is 12.9. The number of halogens is 2. The molecule has 0 unspecified atom stereocenters. The van der Waals surface area contributed by atoms with Crippen molar-refractivity contribution in [1.29, 1.82) is 0 Å². The highest BCUT2D eigenvalue weighted by atomic mass is 35.5.